The number of aryl methyl sites for hydroxylation is 1. The molecule has 9 nitrogen and oxygen atoms in total. The van der Waals surface area contributed by atoms with E-state index in [0.29, 0.717) is 0 Å². The second-order valence-corrected chi connectivity index (χ2v) is 8.96. The minimum Gasteiger partial charge on any atom is -0.477 e. The van der Waals surface area contributed by atoms with E-state index >= 15 is 0 Å². The number of carbonyl (C=O) groups is 3. The molecule has 2 aliphatic carbocycles. The lowest BCUT2D eigenvalue weighted by molar-refractivity contribution is -0.120. The van der Waals surface area contributed by atoms with Crippen LogP contribution >= 0.6 is 0 Å². The molecule has 3 aromatic rings. The Balaban J connectivity index is 1.28. The Morgan fingerprint density at radius 1 is 1.09 bits per heavy atom. The normalized spacial score (nSPS) is 15.5. The number of nitrogens with zero attached hydrogens (tertiary/aromatic N) is 2. The Kier molecular flexibility index (Phi) is 5.98. The molecule has 1 saturated carbocycles. The number of anilines is 1. The van der Waals surface area contributed by atoms with E-state index < -0.39 is 24.0 Å². The predicted octanol–water partition coefficient (Wildman–Crippen LogP) is 3.76. The van der Waals surface area contributed by atoms with Gasteiger partial charge in [-0.25, -0.2) is 9.59 Å². The van der Waals surface area contributed by atoms with Gasteiger partial charge in [0.25, 0.3) is 0 Å². The Bertz CT molecular complexity index is 1250. The van der Waals surface area contributed by atoms with Crippen molar-refractivity contribution in [3.63, 3.8) is 0 Å². The lowest BCUT2D eigenvalue weighted by Gasteiger charge is -2.33. The van der Waals surface area contributed by atoms with Crippen molar-refractivity contribution in [1.82, 2.24) is 15.1 Å². The molecular formula is C26H26N4O5. The number of amides is 2. The van der Waals surface area contributed by atoms with Crippen molar-refractivity contribution in [2.45, 2.75) is 31.2 Å². The molecule has 1 fully saturated rings. The van der Waals surface area contributed by atoms with Gasteiger partial charge in [-0.05, 0) is 41.0 Å². The van der Waals surface area contributed by atoms with E-state index in [2.05, 4.69) is 27.9 Å². The molecule has 2 amide bonds. The Morgan fingerprint density at radius 3 is 2.29 bits per heavy atom. The molecule has 2 aliphatic rings. The van der Waals surface area contributed by atoms with Crippen LogP contribution in [0.2, 0.25) is 0 Å². The molecule has 0 aliphatic heterocycles. The summed E-state index contributed by atoms with van der Waals surface area (Å²) in [5.74, 6) is -1.75. The first-order valence-corrected chi connectivity index (χ1v) is 11.6. The predicted molar refractivity (Wildman–Crippen MR) is 128 cm³/mol. The minimum absolute atomic E-state index is 0.0445. The van der Waals surface area contributed by atoms with Crippen LogP contribution in [0, 0.1) is 5.92 Å². The molecule has 0 spiro atoms. The van der Waals surface area contributed by atoms with E-state index in [-0.39, 0.29) is 29.8 Å². The summed E-state index contributed by atoms with van der Waals surface area (Å²) in [5.41, 5.74) is 4.36. The van der Waals surface area contributed by atoms with Gasteiger partial charge in [0, 0.05) is 13.0 Å². The van der Waals surface area contributed by atoms with Crippen LogP contribution in [0.3, 0.4) is 0 Å². The molecule has 180 valence electrons. The van der Waals surface area contributed by atoms with E-state index in [1.165, 1.54) is 10.9 Å². The first-order chi connectivity index (χ1) is 16.9. The Hall–Kier alpha value is -4.14. The molecule has 9 heteroatoms. The number of carbonyl (C=O) groups excluding carboxylic acids is 2. The Morgan fingerprint density at radius 2 is 1.71 bits per heavy atom. The molecule has 1 atom stereocenters. The van der Waals surface area contributed by atoms with E-state index in [0.717, 1.165) is 41.5 Å². The third-order valence-electron chi connectivity index (χ3n) is 6.93. The summed E-state index contributed by atoms with van der Waals surface area (Å²) in [7, 11) is 1.54. The van der Waals surface area contributed by atoms with Crippen LogP contribution in [0.15, 0.2) is 54.7 Å². The number of benzene rings is 2. The smallest absolute Gasteiger partial charge is 0.407 e. The molecule has 0 bridgehead atoms. The standard InChI is InChI=1S/C26H26N4O5/c1-30-23(20(13-27-30)25(32)33)29-24(31)22(15-7-6-8-15)28-26(34)35-14-21-18-11-4-2-9-16(18)17-10-3-5-12-19(17)21/h2-5,9-13,15,21-22H,6-8,14H2,1H3,(H,28,34)(H,29,31)(H,32,33). The first-order valence-electron chi connectivity index (χ1n) is 11.6. The highest BCUT2D eigenvalue weighted by molar-refractivity contribution is 6.02. The number of hydrogen-bond donors (Lipinski definition) is 3. The van der Waals surface area contributed by atoms with Crippen molar-refractivity contribution < 1.29 is 24.2 Å². The molecule has 1 heterocycles. The van der Waals surface area contributed by atoms with Crippen molar-refractivity contribution in [3.8, 4) is 11.1 Å². The molecule has 3 N–H and O–H groups in total. The molecule has 2 aromatic carbocycles. The number of hydrogen-bond acceptors (Lipinski definition) is 5. The quantitative estimate of drug-likeness (QED) is 0.479. The highest BCUT2D eigenvalue weighted by Gasteiger charge is 2.36. The maximum Gasteiger partial charge on any atom is 0.407 e. The fourth-order valence-electron chi connectivity index (χ4n) is 4.87. The van der Waals surface area contributed by atoms with Crippen molar-refractivity contribution in [3.05, 3.63) is 71.4 Å². The first kappa shape index (κ1) is 22.6. The molecular weight excluding hydrogens is 448 g/mol. The summed E-state index contributed by atoms with van der Waals surface area (Å²) in [6, 6.07) is 15.3. The van der Waals surface area contributed by atoms with E-state index in [1.807, 2.05) is 36.4 Å². The second kappa shape index (κ2) is 9.25. The lowest BCUT2D eigenvalue weighted by atomic mass is 9.79. The van der Waals surface area contributed by atoms with Gasteiger partial charge >= 0.3 is 12.1 Å². The fourth-order valence-corrected chi connectivity index (χ4v) is 4.87. The highest BCUT2D eigenvalue weighted by atomic mass is 16.5. The molecule has 35 heavy (non-hydrogen) atoms. The monoisotopic (exact) mass is 474 g/mol. The number of aromatic carboxylic acids is 1. The number of ether oxygens (including phenoxy) is 1. The van der Waals surface area contributed by atoms with E-state index in [1.54, 1.807) is 7.05 Å². The summed E-state index contributed by atoms with van der Waals surface area (Å²) in [6.07, 6.45) is 3.04. The molecule has 5 rings (SSSR count). The molecule has 1 aromatic heterocycles. The van der Waals surface area contributed by atoms with Crippen LogP contribution in [-0.4, -0.2) is 45.5 Å². The maximum atomic E-state index is 13.1. The van der Waals surface area contributed by atoms with Gasteiger partial charge in [0.05, 0.1) is 6.20 Å². The highest BCUT2D eigenvalue weighted by Crippen LogP contribution is 2.44. The van der Waals surface area contributed by atoms with Gasteiger partial charge in [0.1, 0.15) is 24.0 Å². The lowest BCUT2D eigenvalue weighted by Crippen LogP contribution is -2.51. The van der Waals surface area contributed by atoms with Gasteiger partial charge in [0.15, 0.2) is 0 Å². The Labute approximate surface area is 202 Å². The van der Waals surface area contributed by atoms with Gasteiger partial charge in [-0.3, -0.25) is 9.48 Å². The van der Waals surface area contributed by atoms with Crippen molar-refractivity contribution in [1.29, 1.82) is 0 Å². The van der Waals surface area contributed by atoms with Gasteiger partial charge in [-0.2, -0.15) is 5.10 Å². The van der Waals surface area contributed by atoms with Gasteiger partial charge in [0.2, 0.25) is 5.91 Å². The molecule has 0 radical (unpaired) electrons. The number of fused-ring (bicyclic) bond motifs is 3. The van der Waals surface area contributed by atoms with Crippen LogP contribution in [0.4, 0.5) is 10.6 Å². The van der Waals surface area contributed by atoms with Crippen LogP contribution in [0.25, 0.3) is 11.1 Å². The van der Waals surface area contributed by atoms with Crippen LogP contribution in [0.5, 0.6) is 0 Å². The van der Waals surface area contributed by atoms with E-state index in [4.69, 9.17) is 4.74 Å². The number of carboxylic acids is 1. The zero-order valence-electron chi connectivity index (χ0n) is 19.2. The summed E-state index contributed by atoms with van der Waals surface area (Å²) < 4.78 is 6.90. The van der Waals surface area contributed by atoms with Crippen molar-refractivity contribution in [2.24, 2.45) is 13.0 Å². The van der Waals surface area contributed by atoms with Gasteiger partial charge < -0.3 is 20.5 Å². The van der Waals surface area contributed by atoms with Crippen LogP contribution in [0.1, 0.15) is 46.7 Å². The average Bonchev–Trinajstić information content (AvgIpc) is 3.34. The second-order valence-electron chi connectivity index (χ2n) is 8.96. The topological polar surface area (TPSA) is 123 Å². The molecule has 1 unspecified atom stereocenters. The van der Waals surface area contributed by atoms with Crippen LogP contribution in [-0.2, 0) is 16.6 Å². The number of nitrogens with one attached hydrogen (secondary N) is 2. The van der Waals surface area contributed by atoms with Gasteiger partial charge in [-0.15, -0.1) is 0 Å². The van der Waals surface area contributed by atoms with Gasteiger partial charge in [-0.1, -0.05) is 55.0 Å². The summed E-state index contributed by atoms with van der Waals surface area (Å²) in [5, 5.41) is 18.6. The molecule has 0 saturated heterocycles. The maximum absolute atomic E-state index is 13.1. The minimum atomic E-state index is -1.20. The summed E-state index contributed by atoms with van der Waals surface area (Å²) >= 11 is 0. The van der Waals surface area contributed by atoms with E-state index in [9.17, 15) is 19.5 Å². The van der Waals surface area contributed by atoms with Crippen LogP contribution < -0.4 is 10.6 Å². The zero-order chi connectivity index (χ0) is 24.5. The number of alkyl carbamates (subject to hydrolysis) is 1. The van der Waals surface area contributed by atoms with Crippen molar-refractivity contribution >= 4 is 23.8 Å². The third-order valence-corrected chi connectivity index (χ3v) is 6.93. The third kappa shape index (κ3) is 4.25. The zero-order valence-corrected chi connectivity index (χ0v) is 19.2. The SMILES string of the molecule is Cn1ncc(C(=O)O)c1NC(=O)C(NC(=O)OCC1c2ccccc2-c2ccccc21)C1CCC1. The number of rotatable bonds is 7. The fraction of sp³-hybridized carbons (Fsp3) is 0.308. The number of aromatic nitrogens is 2. The summed E-state index contributed by atoms with van der Waals surface area (Å²) in [6.45, 7) is 0.143. The van der Waals surface area contributed by atoms with Crippen molar-refractivity contribution in [2.75, 3.05) is 11.9 Å². The largest absolute Gasteiger partial charge is 0.477 e. The number of carboxylic acid groups (broad SMARTS) is 1. The average molecular weight is 475 g/mol. The summed E-state index contributed by atoms with van der Waals surface area (Å²) in [4.78, 5) is 37.3.